The van der Waals surface area contributed by atoms with Crippen molar-refractivity contribution >= 4 is 42.4 Å². The van der Waals surface area contributed by atoms with E-state index in [9.17, 15) is 13.2 Å². The number of fused-ring (bicyclic) bond motifs is 1. The lowest BCUT2D eigenvalue weighted by Gasteiger charge is -2.33. The van der Waals surface area contributed by atoms with E-state index in [4.69, 9.17) is 4.74 Å². The number of aromatic nitrogens is 1. The zero-order valence-electron chi connectivity index (χ0n) is 16.0. The van der Waals surface area contributed by atoms with Crippen LogP contribution in [-0.2, 0) is 19.4 Å². The fourth-order valence-electron chi connectivity index (χ4n) is 3.57. The molecule has 0 spiro atoms. The summed E-state index contributed by atoms with van der Waals surface area (Å²) in [7, 11) is -3.38. The molecule has 2 aliphatic rings. The third-order valence-electron chi connectivity index (χ3n) is 5.47. The van der Waals surface area contributed by atoms with Gasteiger partial charge < -0.3 is 4.74 Å². The van der Waals surface area contributed by atoms with E-state index in [0.29, 0.717) is 17.2 Å². The van der Waals surface area contributed by atoms with Gasteiger partial charge >= 0.3 is 0 Å². The molecular formula is C19H25N3O4S2. The zero-order chi connectivity index (χ0) is 19.7. The smallest absolute Gasteiger partial charge is 0.231 e. The van der Waals surface area contributed by atoms with E-state index in [-0.39, 0.29) is 16.7 Å². The van der Waals surface area contributed by atoms with E-state index in [2.05, 4.69) is 9.88 Å². The summed E-state index contributed by atoms with van der Waals surface area (Å²) in [5.74, 6) is 0.172. The summed E-state index contributed by atoms with van der Waals surface area (Å²) in [6.07, 6.45) is 4.13. The predicted octanol–water partition coefficient (Wildman–Crippen LogP) is 2.17. The number of hydrogen-bond acceptors (Lipinski definition) is 7. The molecule has 4 rings (SSSR count). The van der Waals surface area contributed by atoms with Gasteiger partial charge in [0.15, 0.2) is 15.0 Å². The maximum Gasteiger partial charge on any atom is 0.231 e. The van der Waals surface area contributed by atoms with Gasteiger partial charge in [-0.2, -0.15) is 0 Å². The Morgan fingerprint density at radius 1 is 1.32 bits per heavy atom. The third-order valence-corrected chi connectivity index (χ3v) is 7.64. The van der Waals surface area contributed by atoms with Crippen molar-refractivity contribution in [3.8, 4) is 0 Å². The first kappa shape index (κ1) is 19.8. The summed E-state index contributed by atoms with van der Waals surface area (Å²) >= 11 is 1.39. The number of amides is 1. The predicted molar refractivity (Wildman–Crippen MR) is 110 cm³/mol. The van der Waals surface area contributed by atoms with Crippen molar-refractivity contribution < 1.29 is 17.9 Å². The normalized spacial score (nSPS) is 18.9. The van der Waals surface area contributed by atoms with Crippen LogP contribution in [0.15, 0.2) is 23.1 Å². The highest BCUT2D eigenvalue weighted by Crippen LogP contribution is 2.35. The summed E-state index contributed by atoms with van der Waals surface area (Å²) in [6.45, 7) is 4.48. The number of morpholine rings is 1. The van der Waals surface area contributed by atoms with Gasteiger partial charge in [-0.15, -0.1) is 0 Å². The molecule has 1 amide bonds. The summed E-state index contributed by atoms with van der Waals surface area (Å²) < 4.78 is 30.4. The molecule has 152 valence electrons. The van der Waals surface area contributed by atoms with Crippen molar-refractivity contribution in [1.29, 1.82) is 0 Å². The van der Waals surface area contributed by atoms with Crippen molar-refractivity contribution in [3.63, 3.8) is 0 Å². The lowest BCUT2D eigenvalue weighted by atomic mass is 9.84. The van der Waals surface area contributed by atoms with Crippen LogP contribution in [0.4, 0.5) is 5.13 Å². The molecule has 28 heavy (non-hydrogen) atoms. The number of ether oxygens (including phenoxy) is 1. The van der Waals surface area contributed by atoms with Crippen molar-refractivity contribution in [1.82, 2.24) is 9.88 Å². The number of anilines is 1. The Labute approximate surface area is 169 Å². The van der Waals surface area contributed by atoms with Gasteiger partial charge in [-0.1, -0.05) is 23.8 Å². The second kappa shape index (κ2) is 8.06. The molecule has 1 aliphatic heterocycles. The van der Waals surface area contributed by atoms with Gasteiger partial charge in [-0.05, 0) is 25.0 Å². The van der Waals surface area contributed by atoms with Crippen LogP contribution in [0.5, 0.6) is 0 Å². The molecule has 1 aromatic carbocycles. The largest absolute Gasteiger partial charge is 0.379 e. The first-order valence-corrected chi connectivity index (χ1v) is 12.4. The van der Waals surface area contributed by atoms with E-state index in [1.807, 2.05) is 6.07 Å². The summed E-state index contributed by atoms with van der Waals surface area (Å²) in [4.78, 5) is 22.0. The minimum Gasteiger partial charge on any atom is -0.379 e. The maximum atomic E-state index is 13.1. The number of thiazole rings is 1. The molecule has 7 nitrogen and oxygen atoms in total. The Morgan fingerprint density at radius 3 is 2.71 bits per heavy atom. The van der Waals surface area contributed by atoms with E-state index in [1.54, 1.807) is 17.0 Å². The topological polar surface area (TPSA) is 79.8 Å². The molecule has 1 saturated carbocycles. The first-order chi connectivity index (χ1) is 13.4. The van der Waals surface area contributed by atoms with Gasteiger partial charge in [0, 0.05) is 38.4 Å². The fraction of sp³-hybridized carbons (Fsp3) is 0.579. The molecule has 2 aromatic rings. The highest BCUT2D eigenvalue weighted by atomic mass is 32.2. The highest BCUT2D eigenvalue weighted by molar-refractivity contribution is 7.91. The van der Waals surface area contributed by atoms with Gasteiger partial charge in [0.1, 0.15) is 5.52 Å². The minimum absolute atomic E-state index is 0.0612. The van der Waals surface area contributed by atoms with Crippen LogP contribution in [0.25, 0.3) is 10.2 Å². The molecule has 1 aromatic heterocycles. The number of para-hydroxylation sites is 1. The minimum atomic E-state index is -3.38. The number of carbonyl (C=O) groups excluding carboxylic acids is 1. The number of carbonyl (C=O) groups is 1. The molecule has 1 aliphatic carbocycles. The van der Waals surface area contributed by atoms with Crippen LogP contribution < -0.4 is 4.90 Å². The monoisotopic (exact) mass is 423 g/mol. The van der Waals surface area contributed by atoms with Gasteiger partial charge in [0.25, 0.3) is 0 Å². The Balaban J connectivity index is 1.64. The highest BCUT2D eigenvalue weighted by Gasteiger charge is 2.32. The quantitative estimate of drug-likeness (QED) is 0.708. The van der Waals surface area contributed by atoms with Gasteiger partial charge in [0.2, 0.25) is 5.91 Å². The van der Waals surface area contributed by atoms with E-state index < -0.39 is 9.84 Å². The Bertz CT molecular complexity index is 963. The van der Waals surface area contributed by atoms with Gasteiger partial charge in [-0.3, -0.25) is 14.6 Å². The molecule has 2 fully saturated rings. The van der Waals surface area contributed by atoms with E-state index >= 15 is 0 Å². The number of benzene rings is 1. The fourth-order valence-corrected chi connectivity index (χ4v) is 5.49. The molecular weight excluding hydrogens is 398 g/mol. The maximum absolute atomic E-state index is 13.1. The average Bonchev–Trinajstić information content (AvgIpc) is 3.04. The molecule has 9 heteroatoms. The molecule has 2 heterocycles. The summed E-state index contributed by atoms with van der Waals surface area (Å²) in [6, 6.07) is 5.17. The lowest BCUT2D eigenvalue weighted by molar-refractivity contribution is -0.124. The Morgan fingerprint density at radius 2 is 2.07 bits per heavy atom. The van der Waals surface area contributed by atoms with Gasteiger partial charge in [0.05, 0.1) is 22.8 Å². The van der Waals surface area contributed by atoms with Crippen LogP contribution in [-0.4, -0.2) is 69.9 Å². The number of rotatable bonds is 6. The van der Waals surface area contributed by atoms with Crippen LogP contribution >= 0.6 is 11.3 Å². The van der Waals surface area contributed by atoms with Crippen LogP contribution in [0, 0.1) is 5.92 Å². The zero-order valence-corrected chi connectivity index (χ0v) is 17.6. The number of sulfone groups is 1. The first-order valence-electron chi connectivity index (χ1n) is 9.64. The van der Waals surface area contributed by atoms with Gasteiger partial charge in [-0.25, -0.2) is 13.4 Å². The molecule has 0 bridgehead atoms. The molecule has 0 N–H and O–H groups in total. The van der Waals surface area contributed by atoms with Crippen LogP contribution in [0.1, 0.15) is 19.3 Å². The number of hydrogen-bond donors (Lipinski definition) is 0. The molecule has 0 radical (unpaired) electrons. The summed E-state index contributed by atoms with van der Waals surface area (Å²) in [5, 5.41) is 0.594. The second-order valence-electron chi connectivity index (χ2n) is 7.44. The standard InChI is InChI=1S/C19H25N3O4S2/c1-28(24,25)16-7-3-6-15-17(16)20-19(27-15)22(18(23)14-4-2-5-14)9-8-21-10-12-26-13-11-21/h3,6-7,14H,2,4-5,8-13H2,1H3. The second-order valence-corrected chi connectivity index (χ2v) is 10.4. The SMILES string of the molecule is CS(=O)(=O)c1cccc2sc(N(CCN3CCOCC3)C(=O)C3CCC3)nc12. The van der Waals surface area contributed by atoms with Crippen molar-refractivity contribution in [2.45, 2.75) is 24.2 Å². The Kier molecular flexibility index (Phi) is 5.69. The van der Waals surface area contributed by atoms with E-state index in [0.717, 1.165) is 56.8 Å². The van der Waals surface area contributed by atoms with Crippen LogP contribution in [0.2, 0.25) is 0 Å². The van der Waals surface area contributed by atoms with Crippen molar-refractivity contribution in [2.75, 3.05) is 50.5 Å². The number of nitrogens with zero attached hydrogens (tertiary/aromatic N) is 3. The third kappa shape index (κ3) is 4.07. The molecule has 0 unspecified atom stereocenters. The van der Waals surface area contributed by atoms with Crippen molar-refractivity contribution in [2.24, 2.45) is 5.92 Å². The van der Waals surface area contributed by atoms with Crippen LogP contribution in [0.3, 0.4) is 0 Å². The molecule has 0 atom stereocenters. The summed E-state index contributed by atoms with van der Waals surface area (Å²) in [5.41, 5.74) is 0.461. The Hall–Kier alpha value is -1.55. The lowest BCUT2D eigenvalue weighted by Crippen LogP contribution is -2.45. The molecule has 1 saturated heterocycles. The van der Waals surface area contributed by atoms with E-state index in [1.165, 1.54) is 17.6 Å². The van der Waals surface area contributed by atoms with Crippen molar-refractivity contribution in [3.05, 3.63) is 18.2 Å². The average molecular weight is 424 g/mol.